The van der Waals surface area contributed by atoms with Gasteiger partial charge in [0.05, 0.1) is 21.6 Å². The summed E-state index contributed by atoms with van der Waals surface area (Å²) in [6.07, 6.45) is 1.17. The summed E-state index contributed by atoms with van der Waals surface area (Å²) in [6, 6.07) is 10.2. The van der Waals surface area contributed by atoms with Crippen LogP contribution in [0.25, 0.3) is 0 Å². The van der Waals surface area contributed by atoms with Crippen molar-refractivity contribution in [1.82, 2.24) is 9.78 Å². The molecule has 11 heteroatoms. The van der Waals surface area contributed by atoms with Gasteiger partial charge in [0.15, 0.2) is 0 Å². The van der Waals surface area contributed by atoms with Crippen molar-refractivity contribution in [2.24, 2.45) is 0 Å². The van der Waals surface area contributed by atoms with Crippen LogP contribution >= 0.6 is 0 Å². The quantitative estimate of drug-likeness (QED) is 0.439. The van der Waals surface area contributed by atoms with Gasteiger partial charge in [0, 0.05) is 12.1 Å². The Morgan fingerprint density at radius 1 is 1.10 bits per heavy atom. The molecule has 3 rings (SSSR count). The third-order valence-corrected chi connectivity index (χ3v) is 4.46. The highest BCUT2D eigenvalue weighted by Crippen LogP contribution is 2.30. The molecule has 0 bridgehead atoms. The van der Waals surface area contributed by atoms with Crippen molar-refractivity contribution in [3.8, 4) is 11.5 Å². The molecule has 1 unspecified atom stereocenters. The number of nitro benzene ring substituents is 1. The fourth-order valence-electron chi connectivity index (χ4n) is 2.85. The maximum absolute atomic E-state index is 12.6. The average Bonchev–Trinajstić information content (AvgIpc) is 3.09. The van der Waals surface area contributed by atoms with Gasteiger partial charge >= 0.3 is 5.69 Å². The third-order valence-electron chi connectivity index (χ3n) is 4.46. The summed E-state index contributed by atoms with van der Waals surface area (Å²) in [7, 11) is 0. The second kappa shape index (κ2) is 8.61. The summed E-state index contributed by atoms with van der Waals surface area (Å²) >= 11 is 0. The molecule has 0 aliphatic carbocycles. The number of carbonyl (C=O) groups excluding carboxylic acids is 1. The highest BCUT2D eigenvalue weighted by molar-refractivity contribution is 5.94. The maximum Gasteiger partial charge on any atom is 0.309 e. The van der Waals surface area contributed by atoms with Crippen LogP contribution < -0.4 is 10.1 Å². The topological polar surface area (TPSA) is 142 Å². The van der Waals surface area contributed by atoms with E-state index in [1.807, 2.05) is 13.0 Å². The summed E-state index contributed by atoms with van der Waals surface area (Å²) < 4.78 is 6.89. The van der Waals surface area contributed by atoms with Crippen LogP contribution in [-0.4, -0.2) is 25.5 Å². The zero-order valence-corrected chi connectivity index (χ0v) is 16.9. The van der Waals surface area contributed by atoms with E-state index in [1.165, 1.54) is 42.9 Å². The van der Waals surface area contributed by atoms with E-state index in [9.17, 15) is 25.0 Å². The molecule has 0 spiro atoms. The van der Waals surface area contributed by atoms with Crippen molar-refractivity contribution in [2.75, 3.05) is 5.32 Å². The van der Waals surface area contributed by atoms with Crippen molar-refractivity contribution in [3.63, 3.8) is 0 Å². The minimum atomic E-state index is -0.896. The number of aryl methyl sites for hydroxylation is 2. The zero-order chi connectivity index (χ0) is 22.7. The van der Waals surface area contributed by atoms with Crippen LogP contribution in [0.15, 0.2) is 48.7 Å². The fourth-order valence-corrected chi connectivity index (χ4v) is 2.85. The molecule has 31 heavy (non-hydrogen) atoms. The smallest absolute Gasteiger partial charge is 0.309 e. The van der Waals surface area contributed by atoms with Crippen molar-refractivity contribution in [2.45, 2.75) is 26.8 Å². The van der Waals surface area contributed by atoms with Crippen LogP contribution in [-0.2, 0) is 4.79 Å². The van der Waals surface area contributed by atoms with Crippen LogP contribution in [0.5, 0.6) is 11.5 Å². The lowest BCUT2D eigenvalue weighted by molar-refractivity contribution is -0.385. The van der Waals surface area contributed by atoms with Crippen molar-refractivity contribution >= 4 is 23.0 Å². The van der Waals surface area contributed by atoms with Crippen LogP contribution in [0.3, 0.4) is 0 Å². The molecule has 2 aromatic carbocycles. The monoisotopic (exact) mass is 425 g/mol. The van der Waals surface area contributed by atoms with Crippen molar-refractivity contribution in [1.29, 1.82) is 0 Å². The summed E-state index contributed by atoms with van der Waals surface area (Å²) in [5.41, 5.74) is 0.803. The van der Waals surface area contributed by atoms with Gasteiger partial charge in [0.25, 0.3) is 5.69 Å². The first-order valence-electron chi connectivity index (χ1n) is 9.19. The molecule has 3 aromatic rings. The van der Waals surface area contributed by atoms with E-state index in [0.717, 1.165) is 5.56 Å². The number of non-ortho nitro benzene ring substituents is 1. The number of aromatic nitrogens is 2. The molecule has 0 aliphatic heterocycles. The first kappa shape index (κ1) is 21.4. The number of anilines is 1. The number of ether oxygens (including phenoxy) is 1. The number of nitro groups is 2. The zero-order valence-electron chi connectivity index (χ0n) is 16.9. The molecule has 0 saturated carbocycles. The normalized spacial score (nSPS) is 11.6. The lowest BCUT2D eigenvalue weighted by Gasteiger charge is -2.13. The molecule has 1 N–H and O–H groups in total. The van der Waals surface area contributed by atoms with Crippen molar-refractivity contribution in [3.05, 3.63) is 80.1 Å². The largest absolute Gasteiger partial charge is 0.457 e. The Labute approximate surface area is 176 Å². The van der Waals surface area contributed by atoms with E-state index in [0.29, 0.717) is 5.75 Å². The number of hydrogen-bond acceptors (Lipinski definition) is 7. The molecule has 0 aliphatic rings. The number of rotatable bonds is 7. The fraction of sp³-hybridized carbons (Fsp3) is 0.200. The molecule has 1 heterocycles. The Morgan fingerprint density at radius 3 is 2.45 bits per heavy atom. The number of carbonyl (C=O) groups is 1. The molecule has 1 atom stereocenters. The molecular formula is C20H19N5O6. The standard InChI is InChI=1S/C20H19N5O6/c1-12-5-4-6-17(7-12)31-18-9-15(8-16(10-18)24(27)28)21-20(26)14(3)23-11-19(25(29)30)13(2)22-23/h4-11,14H,1-3H3,(H,21,26). The van der Waals surface area contributed by atoms with E-state index in [4.69, 9.17) is 4.74 Å². The van der Waals surface area contributed by atoms with Gasteiger partial charge in [-0.25, -0.2) is 0 Å². The second-order valence-corrected chi connectivity index (χ2v) is 6.89. The van der Waals surface area contributed by atoms with Gasteiger partial charge in [-0.15, -0.1) is 0 Å². The number of nitrogens with one attached hydrogen (secondary N) is 1. The maximum atomic E-state index is 12.6. The van der Waals surface area contributed by atoms with Gasteiger partial charge in [0.2, 0.25) is 5.91 Å². The minimum absolute atomic E-state index is 0.145. The first-order valence-corrected chi connectivity index (χ1v) is 9.19. The van der Waals surface area contributed by atoms with Crippen molar-refractivity contribution < 1.29 is 19.4 Å². The van der Waals surface area contributed by atoms with Gasteiger partial charge in [-0.1, -0.05) is 12.1 Å². The Hall–Kier alpha value is -4.28. The third kappa shape index (κ3) is 5.01. The molecule has 0 saturated heterocycles. The Bertz CT molecular complexity index is 1170. The first-order chi connectivity index (χ1) is 14.6. The molecule has 160 valence electrons. The second-order valence-electron chi connectivity index (χ2n) is 6.89. The molecule has 1 amide bonds. The number of amides is 1. The minimum Gasteiger partial charge on any atom is -0.457 e. The number of benzene rings is 2. The highest BCUT2D eigenvalue weighted by atomic mass is 16.6. The highest BCUT2D eigenvalue weighted by Gasteiger charge is 2.23. The van der Waals surface area contributed by atoms with Gasteiger partial charge in [-0.05, 0) is 38.5 Å². The van der Waals surface area contributed by atoms with E-state index < -0.39 is 21.8 Å². The number of hydrogen-bond donors (Lipinski definition) is 1. The molecule has 0 radical (unpaired) electrons. The van der Waals surface area contributed by atoms with E-state index in [-0.39, 0.29) is 28.5 Å². The lowest BCUT2D eigenvalue weighted by atomic mass is 10.2. The van der Waals surface area contributed by atoms with Crippen LogP contribution in [0.2, 0.25) is 0 Å². The van der Waals surface area contributed by atoms with Gasteiger partial charge in [0.1, 0.15) is 29.4 Å². The van der Waals surface area contributed by atoms with Crippen LogP contribution in [0.4, 0.5) is 17.1 Å². The van der Waals surface area contributed by atoms with Crippen LogP contribution in [0.1, 0.15) is 24.2 Å². The Balaban J connectivity index is 1.85. The molecular weight excluding hydrogens is 406 g/mol. The molecule has 11 nitrogen and oxygen atoms in total. The summed E-state index contributed by atoms with van der Waals surface area (Å²) in [6.45, 7) is 4.86. The van der Waals surface area contributed by atoms with Crippen LogP contribution in [0, 0.1) is 34.1 Å². The average molecular weight is 425 g/mol. The summed E-state index contributed by atoms with van der Waals surface area (Å²) in [5.74, 6) is 0.109. The Morgan fingerprint density at radius 2 is 1.84 bits per heavy atom. The Kier molecular flexibility index (Phi) is 5.95. The van der Waals surface area contributed by atoms with Gasteiger partial charge in [-0.2, -0.15) is 5.10 Å². The van der Waals surface area contributed by atoms with E-state index in [2.05, 4.69) is 10.4 Å². The molecule has 0 fully saturated rings. The predicted molar refractivity (Wildman–Crippen MR) is 111 cm³/mol. The van der Waals surface area contributed by atoms with E-state index in [1.54, 1.807) is 18.2 Å². The van der Waals surface area contributed by atoms with Gasteiger partial charge < -0.3 is 10.1 Å². The summed E-state index contributed by atoms with van der Waals surface area (Å²) in [4.78, 5) is 33.8. The SMILES string of the molecule is Cc1cccc(Oc2cc(NC(=O)C(C)n3cc([N+](=O)[O-])c(C)n3)cc([N+](=O)[O-])c2)c1. The van der Waals surface area contributed by atoms with Gasteiger partial charge in [-0.3, -0.25) is 29.7 Å². The lowest BCUT2D eigenvalue weighted by Crippen LogP contribution is -2.24. The summed E-state index contributed by atoms with van der Waals surface area (Å²) in [5, 5.41) is 28.9. The molecule has 1 aromatic heterocycles. The predicted octanol–water partition coefficient (Wildman–Crippen LogP) is 4.31. The van der Waals surface area contributed by atoms with E-state index >= 15 is 0 Å². The number of nitrogens with zero attached hydrogens (tertiary/aromatic N) is 4.